The van der Waals surface area contributed by atoms with E-state index in [4.69, 9.17) is 4.74 Å². The SMILES string of the molecule is CCCCN1CCC(NC(=O)COc2ccc(C(C)C)c(C)c2)CC1. The van der Waals surface area contributed by atoms with Gasteiger partial charge in [-0.3, -0.25) is 4.79 Å². The van der Waals surface area contributed by atoms with E-state index < -0.39 is 0 Å². The topological polar surface area (TPSA) is 41.6 Å². The Morgan fingerprint density at radius 3 is 2.64 bits per heavy atom. The summed E-state index contributed by atoms with van der Waals surface area (Å²) in [5.41, 5.74) is 2.54. The van der Waals surface area contributed by atoms with Gasteiger partial charge in [0.2, 0.25) is 0 Å². The maximum Gasteiger partial charge on any atom is 0.258 e. The predicted octanol–water partition coefficient (Wildman–Crippen LogP) is 3.88. The van der Waals surface area contributed by atoms with E-state index >= 15 is 0 Å². The highest BCUT2D eigenvalue weighted by atomic mass is 16.5. The van der Waals surface area contributed by atoms with Gasteiger partial charge in [-0.2, -0.15) is 0 Å². The fourth-order valence-corrected chi connectivity index (χ4v) is 3.49. The maximum atomic E-state index is 12.1. The predicted molar refractivity (Wildman–Crippen MR) is 103 cm³/mol. The first-order valence-corrected chi connectivity index (χ1v) is 9.74. The summed E-state index contributed by atoms with van der Waals surface area (Å²) < 4.78 is 5.68. The zero-order valence-corrected chi connectivity index (χ0v) is 16.3. The van der Waals surface area contributed by atoms with Gasteiger partial charge in [-0.1, -0.05) is 33.3 Å². The lowest BCUT2D eigenvalue weighted by Crippen LogP contribution is -2.46. The Labute approximate surface area is 152 Å². The summed E-state index contributed by atoms with van der Waals surface area (Å²) in [5, 5.41) is 3.12. The van der Waals surface area contributed by atoms with Crippen LogP contribution in [0.15, 0.2) is 18.2 Å². The molecule has 1 fully saturated rings. The number of carbonyl (C=O) groups excluding carboxylic acids is 1. The molecule has 1 aromatic rings. The van der Waals surface area contributed by atoms with Crippen molar-refractivity contribution in [3.05, 3.63) is 29.3 Å². The number of aryl methyl sites for hydroxylation is 1. The molecule has 0 unspecified atom stereocenters. The summed E-state index contributed by atoms with van der Waals surface area (Å²) in [6.07, 6.45) is 4.58. The Kier molecular flexibility index (Phi) is 7.76. The van der Waals surface area contributed by atoms with Crippen LogP contribution in [0.25, 0.3) is 0 Å². The van der Waals surface area contributed by atoms with E-state index in [0.717, 1.165) is 31.7 Å². The summed E-state index contributed by atoms with van der Waals surface area (Å²) in [7, 11) is 0. The molecule has 0 saturated carbocycles. The molecule has 0 aliphatic carbocycles. The van der Waals surface area contributed by atoms with Crippen molar-refractivity contribution >= 4 is 5.91 Å². The van der Waals surface area contributed by atoms with Crippen molar-refractivity contribution in [2.24, 2.45) is 0 Å². The van der Waals surface area contributed by atoms with Crippen LogP contribution in [0.4, 0.5) is 0 Å². The van der Waals surface area contributed by atoms with Crippen LogP contribution in [0.1, 0.15) is 63.5 Å². The number of hydrogen-bond acceptors (Lipinski definition) is 3. The highest BCUT2D eigenvalue weighted by Gasteiger charge is 2.20. The van der Waals surface area contributed by atoms with E-state index in [0.29, 0.717) is 12.0 Å². The average Bonchev–Trinajstić information content (AvgIpc) is 2.59. The summed E-state index contributed by atoms with van der Waals surface area (Å²) in [6, 6.07) is 6.37. The number of hydrogen-bond donors (Lipinski definition) is 1. The quantitative estimate of drug-likeness (QED) is 0.777. The maximum absolute atomic E-state index is 12.1. The van der Waals surface area contributed by atoms with Crippen LogP contribution >= 0.6 is 0 Å². The normalized spacial score (nSPS) is 16.2. The van der Waals surface area contributed by atoms with Gasteiger partial charge in [0.15, 0.2) is 6.61 Å². The standard InChI is InChI=1S/C21H34N2O2/c1-5-6-11-23-12-9-18(10-13-23)22-21(24)15-25-19-7-8-20(16(2)3)17(4)14-19/h7-8,14,16,18H,5-6,9-13,15H2,1-4H3,(H,22,24). The molecule has 1 heterocycles. The zero-order valence-electron chi connectivity index (χ0n) is 16.3. The average molecular weight is 347 g/mol. The second-order valence-corrected chi connectivity index (χ2v) is 7.50. The monoisotopic (exact) mass is 346 g/mol. The first kappa shape index (κ1) is 19.8. The molecule has 0 atom stereocenters. The Morgan fingerprint density at radius 1 is 1.32 bits per heavy atom. The first-order valence-electron chi connectivity index (χ1n) is 9.74. The lowest BCUT2D eigenvalue weighted by Gasteiger charge is -2.32. The minimum atomic E-state index is -0.0161. The van der Waals surface area contributed by atoms with E-state index in [1.165, 1.54) is 30.5 Å². The Morgan fingerprint density at radius 2 is 2.04 bits per heavy atom. The van der Waals surface area contributed by atoms with Crippen LogP contribution in [0.3, 0.4) is 0 Å². The summed E-state index contributed by atoms with van der Waals surface area (Å²) in [4.78, 5) is 14.7. The first-order chi connectivity index (χ1) is 12.0. The van der Waals surface area contributed by atoms with Crippen LogP contribution in [-0.4, -0.2) is 43.1 Å². The zero-order chi connectivity index (χ0) is 18.2. The van der Waals surface area contributed by atoms with Crippen molar-refractivity contribution in [1.82, 2.24) is 10.2 Å². The highest BCUT2D eigenvalue weighted by molar-refractivity contribution is 5.77. The van der Waals surface area contributed by atoms with Gasteiger partial charge in [-0.25, -0.2) is 0 Å². The number of nitrogens with zero attached hydrogens (tertiary/aromatic N) is 1. The number of likely N-dealkylation sites (tertiary alicyclic amines) is 1. The van der Waals surface area contributed by atoms with E-state index in [2.05, 4.69) is 44.0 Å². The van der Waals surface area contributed by atoms with E-state index in [1.807, 2.05) is 12.1 Å². The van der Waals surface area contributed by atoms with Crippen LogP contribution < -0.4 is 10.1 Å². The molecule has 4 heteroatoms. The summed E-state index contributed by atoms with van der Waals surface area (Å²) >= 11 is 0. The molecule has 1 aromatic carbocycles. The smallest absolute Gasteiger partial charge is 0.258 e. The van der Waals surface area contributed by atoms with Crippen LogP contribution in [-0.2, 0) is 4.79 Å². The molecule has 1 saturated heterocycles. The molecule has 0 spiro atoms. The molecule has 0 radical (unpaired) electrons. The summed E-state index contributed by atoms with van der Waals surface area (Å²) in [5.74, 6) is 1.25. The molecule has 2 rings (SSSR count). The van der Waals surface area contributed by atoms with Crippen LogP contribution in [0.5, 0.6) is 5.75 Å². The number of benzene rings is 1. The van der Waals surface area contributed by atoms with Crippen molar-refractivity contribution in [3.8, 4) is 5.75 Å². The van der Waals surface area contributed by atoms with Gasteiger partial charge < -0.3 is 15.0 Å². The Bertz CT molecular complexity index is 549. The minimum Gasteiger partial charge on any atom is -0.484 e. The molecular formula is C21H34N2O2. The second-order valence-electron chi connectivity index (χ2n) is 7.50. The van der Waals surface area contributed by atoms with E-state index in [9.17, 15) is 4.79 Å². The van der Waals surface area contributed by atoms with Crippen molar-refractivity contribution < 1.29 is 9.53 Å². The molecule has 1 aliphatic heterocycles. The van der Waals surface area contributed by atoms with Gasteiger partial charge in [0.05, 0.1) is 0 Å². The minimum absolute atomic E-state index is 0.0161. The van der Waals surface area contributed by atoms with Gasteiger partial charge in [0.1, 0.15) is 5.75 Å². The van der Waals surface area contributed by atoms with Gasteiger partial charge in [-0.15, -0.1) is 0 Å². The number of ether oxygens (including phenoxy) is 1. The highest BCUT2D eigenvalue weighted by Crippen LogP contribution is 2.23. The molecule has 1 amide bonds. The van der Waals surface area contributed by atoms with Crippen molar-refractivity contribution in [3.63, 3.8) is 0 Å². The molecule has 4 nitrogen and oxygen atoms in total. The fraction of sp³-hybridized carbons (Fsp3) is 0.667. The third kappa shape index (κ3) is 6.35. The lowest BCUT2D eigenvalue weighted by atomic mass is 9.98. The van der Waals surface area contributed by atoms with Gasteiger partial charge in [0, 0.05) is 19.1 Å². The van der Waals surface area contributed by atoms with Crippen LogP contribution in [0, 0.1) is 6.92 Å². The molecular weight excluding hydrogens is 312 g/mol. The largest absolute Gasteiger partial charge is 0.484 e. The Balaban J connectivity index is 1.72. The molecule has 1 aliphatic rings. The molecule has 1 N–H and O–H groups in total. The van der Waals surface area contributed by atoms with Gasteiger partial charge in [0.25, 0.3) is 5.91 Å². The van der Waals surface area contributed by atoms with Crippen molar-refractivity contribution in [2.75, 3.05) is 26.2 Å². The molecule has 0 aromatic heterocycles. The molecule has 140 valence electrons. The number of amides is 1. The van der Waals surface area contributed by atoms with Gasteiger partial charge >= 0.3 is 0 Å². The van der Waals surface area contributed by atoms with Crippen molar-refractivity contribution in [1.29, 1.82) is 0 Å². The number of rotatable bonds is 8. The third-order valence-electron chi connectivity index (χ3n) is 5.01. The third-order valence-corrected chi connectivity index (χ3v) is 5.01. The number of carbonyl (C=O) groups is 1. The second kappa shape index (κ2) is 9.81. The van der Waals surface area contributed by atoms with Gasteiger partial charge in [-0.05, 0) is 61.9 Å². The summed E-state index contributed by atoms with van der Waals surface area (Å²) in [6.45, 7) is 12.1. The molecule has 25 heavy (non-hydrogen) atoms. The lowest BCUT2D eigenvalue weighted by molar-refractivity contribution is -0.124. The van der Waals surface area contributed by atoms with E-state index in [1.54, 1.807) is 0 Å². The van der Waals surface area contributed by atoms with E-state index in [-0.39, 0.29) is 12.5 Å². The number of piperidine rings is 1. The van der Waals surface area contributed by atoms with Crippen LogP contribution in [0.2, 0.25) is 0 Å². The number of unbranched alkanes of at least 4 members (excludes halogenated alkanes) is 1. The fourth-order valence-electron chi connectivity index (χ4n) is 3.49. The van der Waals surface area contributed by atoms with Crippen molar-refractivity contribution in [2.45, 2.75) is 65.3 Å². The Hall–Kier alpha value is -1.55. The number of nitrogens with one attached hydrogen (secondary N) is 1. The molecule has 0 bridgehead atoms.